The lowest BCUT2D eigenvalue weighted by atomic mass is 10.1. The van der Waals surface area contributed by atoms with E-state index in [1.54, 1.807) is 31.0 Å². The number of ether oxygens (including phenoxy) is 1. The second-order valence-corrected chi connectivity index (χ2v) is 7.23. The van der Waals surface area contributed by atoms with Gasteiger partial charge in [-0.3, -0.25) is 14.4 Å². The molecule has 0 N–H and O–H groups in total. The Balaban J connectivity index is 1.90. The molecular formula is C20H26N4O4. The molecule has 3 amide bonds. The molecule has 1 aromatic carbocycles. The molecule has 1 aromatic heterocycles. The standard InChI is InChI=1S/C20H26N4O4/c1-13(25)24-9-8-23(12-18(24)19(26)21(2)3)20(27)17-11-14-10-15(28-5)6-7-16(14)22(17)4/h6-7,10-11,18H,8-9,12H2,1-5H3. The lowest BCUT2D eigenvalue weighted by molar-refractivity contribution is -0.146. The molecule has 0 radical (unpaired) electrons. The fourth-order valence-electron chi connectivity index (χ4n) is 3.68. The molecule has 1 atom stereocenters. The third-order valence-corrected chi connectivity index (χ3v) is 5.27. The van der Waals surface area contributed by atoms with Gasteiger partial charge in [0.05, 0.1) is 13.7 Å². The van der Waals surface area contributed by atoms with E-state index in [0.717, 1.165) is 16.7 Å². The van der Waals surface area contributed by atoms with Gasteiger partial charge in [-0.2, -0.15) is 0 Å². The van der Waals surface area contributed by atoms with Crippen molar-refractivity contribution >= 4 is 28.6 Å². The summed E-state index contributed by atoms with van der Waals surface area (Å²) in [4.78, 5) is 42.4. The number of methoxy groups -OCH3 is 1. The number of aryl methyl sites for hydroxylation is 1. The minimum atomic E-state index is -0.667. The third kappa shape index (κ3) is 3.42. The van der Waals surface area contributed by atoms with Crippen molar-refractivity contribution in [3.8, 4) is 5.75 Å². The van der Waals surface area contributed by atoms with Crippen LogP contribution in [0.15, 0.2) is 24.3 Å². The number of nitrogens with zero attached hydrogens (tertiary/aromatic N) is 4. The Hall–Kier alpha value is -3.03. The fourth-order valence-corrected chi connectivity index (χ4v) is 3.68. The zero-order valence-corrected chi connectivity index (χ0v) is 16.9. The van der Waals surface area contributed by atoms with Crippen LogP contribution in [-0.2, 0) is 16.6 Å². The summed E-state index contributed by atoms with van der Waals surface area (Å²) in [7, 11) is 6.75. The molecule has 0 saturated carbocycles. The number of benzene rings is 1. The SMILES string of the molecule is COc1ccc2c(c1)cc(C(=O)N1CCN(C(C)=O)C(C(=O)N(C)C)C1)n2C. The van der Waals surface area contributed by atoms with E-state index in [2.05, 4.69) is 0 Å². The van der Waals surface area contributed by atoms with Crippen LogP contribution < -0.4 is 4.74 Å². The molecule has 8 heteroatoms. The van der Waals surface area contributed by atoms with E-state index in [-0.39, 0.29) is 24.3 Å². The van der Waals surface area contributed by atoms with Crippen molar-refractivity contribution < 1.29 is 19.1 Å². The molecule has 0 aliphatic carbocycles. The number of hydrogen-bond donors (Lipinski definition) is 0. The van der Waals surface area contributed by atoms with Crippen LogP contribution in [0.2, 0.25) is 0 Å². The van der Waals surface area contributed by atoms with Gasteiger partial charge in [-0.15, -0.1) is 0 Å². The van der Waals surface area contributed by atoms with Crippen LogP contribution >= 0.6 is 0 Å². The van der Waals surface area contributed by atoms with E-state index in [9.17, 15) is 14.4 Å². The molecule has 1 fully saturated rings. The van der Waals surface area contributed by atoms with Gasteiger partial charge >= 0.3 is 0 Å². The molecule has 8 nitrogen and oxygen atoms in total. The zero-order chi connectivity index (χ0) is 20.6. The van der Waals surface area contributed by atoms with Crippen LogP contribution in [0.4, 0.5) is 0 Å². The highest BCUT2D eigenvalue weighted by atomic mass is 16.5. The van der Waals surface area contributed by atoms with Gasteiger partial charge in [0.15, 0.2) is 0 Å². The predicted octanol–water partition coefficient (Wildman–Crippen LogP) is 0.948. The Kier molecular flexibility index (Phi) is 5.31. The molecule has 0 bridgehead atoms. The number of hydrogen-bond acceptors (Lipinski definition) is 4. The van der Waals surface area contributed by atoms with E-state index >= 15 is 0 Å². The third-order valence-electron chi connectivity index (χ3n) is 5.27. The summed E-state index contributed by atoms with van der Waals surface area (Å²) in [5.74, 6) is 0.222. The summed E-state index contributed by atoms with van der Waals surface area (Å²) in [5.41, 5.74) is 1.46. The highest BCUT2D eigenvalue weighted by Gasteiger charge is 2.37. The van der Waals surface area contributed by atoms with Crippen LogP contribution in [-0.4, -0.2) is 83.9 Å². The Labute approximate surface area is 164 Å². The van der Waals surface area contributed by atoms with E-state index in [4.69, 9.17) is 4.74 Å². The summed E-state index contributed by atoms with van der Waals surface area (Å²) in [5, 5.41) is 0.911. The summed E-state index contributed by atoms with van der Waals surface area (Å²) >= 11 is 0. The maximum Gasteiger partial charge on any atom is 0.270 e. The number of fused-ring (bicyclic) bond motifs is 1. The monoisotopic (exact) mass is 386 g/mol. The largest absolute Gasteiger partial charge is 0.497 e. The Morgan fingerprint density at radius 2 is 1.86 bits per heavy atom. The Morgan fingerprint density at radius 1 is 1.14 bits per heavy atom. The number of carbonyl (C=O) groups excluding carboxylic acids is 3. The van der Waals surface area contributed by atoms with Crippen molar-refractivity contribution in [3.63, 3.8) is 0 Å². The van der Waals surface area contributed by atoms with Crippen molar-refractivity contribution in [1.82, 2.24) is 19.3 Å². The smallest absolute Gasteiger partial charge is 0.270 e. The molecule has 28 heavy (non-hydrogen) atoms. The van der Waals surface area contributed by atoms with Gasteiger partial charge in [-0.05, 0) is 24.3 Å². The van der Waals surface area contributed by atoms with Gasteiger partial charge in [0.2, 0.25) is 11.8 Å². The molecule has 1 saturated heterocycles. The molecule has 1 aliphatic heterocycles. The van der Waals surface area contributed by atoms with E-state index in [0.29, 0.717) is 18.8 Å². The Bertz CT molecular complexity index is 934. The fraction of sp³-hybridized carbons (Fsp3) is 0.450. The molecule has 1 aliphatic rings. The molecule has 1 unspecified atom stereocenters. The molecule has 2 heterocycles. The van der Waals surface area contributed by atoms with E-state index in [1.165, 1.54) is 11.8 Å². The van der Waals surface area contributed by atoms with Gasteiger partial charge in [-0.25, -0.2) is 0 Å². The van der Waals surface area contributed by atoms with Crippen molar-refractivity contribution in [2.75, 3.05) is 40.8 Å². The first-order valence-corrected chi connectivity index (χ1v) is 9.15. The van der Waals surface area contributed by atoms with Crippen LogP contribution in [0.5, 0.6) is 5.75 Å². The van der Waals surface area contributed by atoms with Gasteiger partial charge in [0, 0.05) is 52.1 Å². The van der Waals surface area contributed by atoms with Crippen LogP contribution in [0.3, 0.4) is 0 Å². The number of rotatable bonds is 3. The van der Waals surface area contributed by atoms with Crippen molar-refractivity contribution in [1.29, 1.82) is 0 Å². The summed E-state index contributed by atoms with van der Waals surface area (Å²) in [6, 6.07) is 6.82. The number of amides is 3. The highest BCUT2D eigenvalue weighted by molar-refractivity contribution is 5.99. The second kappa shape index (κ2) is 7.53. The molecular weight excluding hydrogens is 360 g/mol. The number of likely N-dealkylation sites (N-methyl/N-ethyl adjacent to an activating group) is 1. The van der Waals surface area contributed by atoms with Crippen LogP contribution in [0.25, 0.3) is 10.9 Å². The topological polar surface area (TPSA) is 75.1 Å². The maximum absolute atomic E-state index is 13.2. The first-order chi connectivity index (χ1) is 13.2. The normalized spacial score (nSPS) is 17.0. The van der Waals surface area contributed by atoms with Crippen molar-refractivity contribution in [3.05, 3.63) is 30.0 Å². The molecule has 150 valence electrons. The zero-order valence-electron chi connectivity index (χ0n) is 16.9. The van der Waals surface area contributed by atoms with Crippen molar-refractivity contribution in [2.24, 2.45) is 7.05 Å². The first kappa shape index (κ1) is 19.7. The van der Waals surface area contributed by atoms with E-state index in [1.807, 2.05) is 35.9 Å². The quantitative estimate of drug-likeness (QED) is 0.787. The highest BCUT2D eigenvalue weighted by Crippen LogP contribution is 2.25. The molecule has 2 aromatic rings. The van der Waals surface area contributed by atoms with Gasteiger partial charge in [0.25, 0.3) is 5.91 Å². The minimum Gasteiger partial charge on any atom is -0.497 e. The van der Waals surface area contributed by atoms with Gasteiger partial charge in [-0.1, -0.05) is 0 Å². The number of piperazine rings is 1. The minimum absolute atomic E-state index is 0.155. The van der Waals surface area contributed by atoms with Crippen LogP contribution in [0.1, 0.15) is 17.4 Å². The van der Waals surface area contributed by atoms with Crippen LogP contribution in [0, 0.1) is 0 Å². The number of carbonyl (C=O) groups is 3. The van der Waals surface area contributed by atoms with E-state index < -0.39 is 6.04 Å². The lowest BCUT2D eigenvalue weighted by Crippen LogP contribution is -2.61. The maximum atomic E-state index is 13.2. The predicted molar refractivity (Wildman–Crippen MR) is 105 cm³/mol. The summed E-state index contributed by atoms with van der Waals surface area (Å²) < 4.78 is 7.11. The first-order valence-electron chi connectivity index (χ1n) is 9.15. The second-order valence-electron chi connectivity index (χ2n) is 7.23. The van der Waals surface area contributed by atoms with Gasteiger partial charge in [0.1, 0.15) is 17.5 Å². The molecule has 3 rings (SSSR count). The molecule has 0 spiro atoms. The number of aromatic nitrogens is 1. The summed E-state index contributed by atoms with van der Waals surface area (Å²) in [6.45, 7) is 2.36. The average molecular weight is 386 g/mol. The lowest BCUT2D eigenvalue weighted by Gasteiger charge is -2.41. The Morgan fingerprint density at radius 3 is 2.46 bits per heavy atom. The average Bonchev–Trinajstić information content (AvgIpc) is 3.01. The summed E-state index contributed by atoms with van der Waals surface area (Å²) in [6.07, 6.45) is 0. The van der Waals surface area contributed by atoms with Crippen molar-refractivity contribution in [2.45, 2.75) is 13.0 Å². The van der Waals surface area contributed by atoms with Gasteiger partial charge < -0.3 is 24.0 Å².